The minimum Gasteiger partial charge on any atom is -0.478 e. The zero-order chi connectivity index (χ0) is 14.9. The third kappa shape index (κ3) is 2.64. The molecule has 20 heavy (non-hydrogen) atoms. The van der Waals surface area contributed by atoms with Gasteiger partial charge in [-0.1, -0.05) is 11.6 Å². The number of piperidine rings is 1. The molecule has 0 aromatic heterocycles. The van der Waals surface area contributed by atoms with Gasteiger partial charge in [0.25, 0.3) is 5.91 Å². The molecule has 0 radical (unpaired) electrons. The number of aryl methyl sites for hydroxylation is 1. The standard InChI is InChI=1S/C14H16N2O4/c1-8-3-4-10(9(7-8)14(19)20)15-11-5-6-12(17)16(2)13(11)18/h3-4,7,11,15H,5-6H2,1-2H3,(H,19,20). The maximum Gasteiger partial charge on any atom is 0.337 e. The van der Waals surface area contributed by atoms with Crippen LogP contribution < -0.4 is 5.32 Å². The first kappa shape index (κ1) is 14.0. The first-order valence-electron chi connectivity index (χ1n) is 6.31. The fourth-order valence-electron chi connectivity index (χ4n) is 2.20. The molecule has 6 heteroatoms. The Bertz CT molecular complexity index is 583. The highest BCUT2D eigenvalue weighted by molar-refractivity contribution is 6.02. The molecule has 2 N–H and O–H groups in total. The monoisotopic (exact) mass is 276 g/mol. The van der Waals surface area contributed by atoms with Gasteiger partial charge in [-0.25, -0.2) is 4.79 Å². The van der Waals surface area contributed by atoms with Gasteiger partial charge >= 0.3 is 5.97 Å². The first-order valence-corrected chi connectivity index (χ1v) is 6.31. The van der Waals surface area contributed by atoms with Crippen molar-refractivity contribution in [3.8, 4) is 0 Å². The lowest BCUT2D eigenvalue weighted by Crippen LogP contribution is -2.48. The molecule has 106 valence electrons. The van der Waals surface area contributed by atoms with Crippen LogP contribution in [-0.4, -0.2) is 40.9 Å². The van der Waals surface area contributed by atoms with Crippen molar-refractivity contribution in [2.45, 2.75) is 25.8 Å². The molecular weight excluding hydrogens is 260 g/mol. The first-order chi connectivity index (χ1) is 9.40. The van der Waals surface area contributed by atoms with Crippen LogP contribution in [0.5, 0.6) is 0 Å². The molecule has 1 saturated heterocycles. The van der Waals surface area contributed by atoms with E-state index in [1.54, 1.807) is 25.1 Å². The summed E-state index contributed by atoms with van der Waals surface area (Å²) < 4.78 is 0. The molecule has 1 aromatic rings. The van der Waals surface area contributed by atoms with Gasteiger partial charge in [0.05, 0.1) is 5.56 Å². The topological polar surface area (TPSA) is 86.7 Å². The van der Waals surface area contributed by atoms with E-state index in [1.807, 2.05) is 0 Å². The summed E-state index contributed by atoms with van der Waals surface area (Å²) in [7, 11) is 1.44. The minimum absolute atomic E-state index is 0.123. The number of carboxylic acid groups (broad SMARTS) is 1. The number of likely N-dealkylation sites (tertiary alicyclic amines) is 1. The van der Waals surface area contributed by atoms with Gasteiger partial charge in [-0.05, 0) is 25.5 Å². The van der Waals surface area contributed by atoms with Crippen LogP contribution in [0.4, 0.5) is 5.69 Å². The van der Waals surface area contributed by atoms with Crippen LogP contribution in [-0.2, 0) is 9.59 Å². The molecule has 1 aliphatic heterocycles. The number of likely N-dealkylation sites (N-methyl/N-ethyl adjacent to an activating group) is 1. The summed E-state index contributed by atoms with van der Waals surface area (Å²) in [6.45, 7) is 1.80. The number of hydrogen-bond donors (Lipinski definition) is 2. The Morgan fingerprint density at radius 3 is 2.75 bits per heavy atom. The summed E-state index contributed by atoms with van der Waals surface area (Å²) in [6.07, 6.45) is 0.642. The molecule has 2 rings (SSSR count). The summed E-state index contributed by atoms with van der Waals surface area (Å²) in [4.78, 5) is 35.7. The van der Waals surface area contributed by atoms with E-state index < -0.39 is 12.0 Å². The summed E-state index contributed by atoms with van der Waals surface area (Å²) in [5.74, 6) is -1.60. The van der Waals surface area contributed by atoms with E-state index in [-0.39, 0.29) is 23.8 Å². The van der Waals surface area contributed by atoms with Gasteiger partial charge in [-0.3, -0.25) is 14.5 Å². The third-order valence-corrected chi connectivity index (χ3v) is 3.38. The third-order valence-electron chi connectivity index (χ3n) is 3.38. The highest BCUT2D eigenvalue weighted by Crippen LogP contribution is 2.22. The summed E-state index contributed by atoms with van der Waals surface area (Å²) in [5.41, 5.74) is 1.34. The molecule has 1 heterocycles. The number of carbonyl (C=O) groups excluding carboxylic acids is 2. The second kappa shape index (κ2) is 5.32. The van der Waals surface area contributed by atoms with E-state index >= 15 is 0 Å². The highest BCUT2D eigenvalue weighted by Gasteiger charge is 2.32. The molecule has 1 fully saturated rings. The van der Waals surface area contributed by atoms with E-state index in [2.05, 4.69) is 5.32 Å². The predicted octanol–water partition coefficient (Wildman–Crippen LogP) is 1.25. The molecule has 1 aliphatic rings. The number of imide groups is 1. The Balaban J connectivity index is 2.24. The van der Waals surface area contributed by atoms with E-state index in [0.717, 1.165) is 10.5 Å². The molecule has 0 aliphatic carbocycles. The van der Waals surface area contributed by atoms with E-state index in [9.17, 15) is 19.5 Å². The van der Waals surface area contributed by atoms with Gasteiger partial charge in [0, 0.05) is 19.2 Å². The molecule has 2 amide bonds. The Morgan fingerprint density at radius 1 is 1.40 bits per heavy atom. The van der Waals surface area contributed by atoms with Crippen LogP contribution in [0.3, 0.4) is 0 Å². The smallest absolute Gasteiger partial charge is 0.337 e. The zero-order valence-electron chi connectivity index (χ0n) is 11.3. The predicted molar refractivity (Wildman–Crippen MR) is 72.6 cm³/mol. The van der Waals surface area contributed by atoms with E-state index in [1.165, 1.54) is 7.05 Å². The molecule has 0 saturated carbocycles. The van der Waals surface area contributed by atoms with Crippen LogP contribution in [0.1, 0.15) is 28.8 Å². The lowest BCUT2D eigenvalue weighted by Gasteiger charge is -2.29. The zero-order valence-corrected chi connectivity index (χ0v) is 11.3. The van der Waals surface area contributed by atoms with Crippen molar-refractivity contribution in [1.82, 2.24) is 4.90 Å². The van der Waals surface area contributed by atoms with Crippen LogP contribution in [0.15, 0.2) is 18.2 Å². The van der Waals surface area contributed by atoms with Crippen molar-refractivity contribution in [2.24, 2.45) is 0 Å². The Hall–Kier alpha value is -2.37. The lowest BCUT2D eigenvalue weighted by molar-refractivity contribution is -0.146. The Kier molecular flexibility index (Phi) is 3.74. The van der Waals surface area contributed by atoms with Crippen LogP contribution in [0.2, 0.25) is 0 Å². The molecule has 1 unspecified atom stereocenters. The summed E-state index contributed by atoms with van der Waals surface area (Å²) in [6, 6.07) is 4.39. The van der Waals surface area contributed by atoms with Crippen molar-refractivity contribution < 1.29 is 19.5 Å². The molecule has 0 bridgehead atoms. The second-order valence-corrected chi connectivity index (χ2v) is 4.88. The number of carboxylic acids is 1. The molecule has 1 atom stereocenters. The maximum absolute atomic E-state index is 12.0. The average Bonchev–Trinajstić information content (AvgIpc) is 2.41. The molecule has 6 nitrogen and oxygen atoms in total. The Labute approximate surface area is 116 Å². The molecule has 0 spiro atoms. The van der Waals surface area contributed by atoms with Crippen LogP contribution in [0, 0.1) is 6.92 Å². The van der Waals surface area contributed by atoms with Crippen molar-refractivity contribution in [3.05, 3.63) is 29.3 Å². The van der Waals surface area contributed by atoms with Crippen molar-refractivity contribution >= 4 is 23.5 Å². The number of hydrogen-bond acceptors (Lipinski definition) is 4. The van der Waals surface area contributed by atoms with Crippen molar-refractivity contribution in [3.63, 3.8) is 0 Å². The summed E-state index contributed by atoms with van der Waals surface area (Å²) in [5, 5.41) is 12.1. The number of amides is 2. The fraction of sp³-hybridized carbons (Fsp3) is 0.357. The van der Waals surface area contributed by atoms with Gasteiger partial charge in [-0.15, -0.1) is 0 Å². The number of carbonyl (C=O) groups is 3. The number of nitrogens with zero attached hydrogens (tertiary/aromatic N) is 1. The number of aromatic carboxylic acids is 1. The fourth-order valence-corrected chi connectivity index (χ4v) is 2.20. The quantitative estimate of drug-likeness (QED) is 0.811. The van der Waals surface area contributed by atoms with Gasteiger partial charge in [0.2, 0.25) is 5.91 Å². The van der Waals surface area contributed by atoms with Gasteiger partial charge < -0.3 is 10.4 Å². The molecular formula is C14H16N2O4. The van der Waals surface area contributed by atoms with Crippen molar-refractivity contribution in [1.29, 1.82) is 0 Å². The molecule has 1 aromatic carbocycles. The maximum atomic E-state index is 12.0. The van der Waals surface area contributed by atoms with Crippen LogP contribution >= 0.6 is 0 Å². The largest absolute Gasteiger partial charge is 0.478 e. The lowest BCUT2D eigenvalue weighted by atomic mass is 10.0. The number of nitrogens with one attached hydrogen (secondary N) is 1. The van der Waals surface area contributed by atoms with E-state index in [0.29, 0.717) is 12.1 Å². The second-order valence-electron chi connectivity index (χ2n) is 4.88. The number of rotatable bonds is 3. The number of anilines is 1. The normalized spacial score (nSPS) is 19.1. The summed E-state index contributed by atoms with van der Waals surface area (Å²) >= 11 is 0. The van der Waals surface area contributed by atoms with Gasteiger partial charge in [-0.2, -0.15) is 0 Å². The van der Waals surface area contributed by atoms with Crippen molar-refractivity contribution in [2.75, 3.05) is 12.4 Å². The number of benzene rings is 1. The van der Waals surface area contributed by atoms with Gasteiger partial charge in [0.15, 0.2) is 0 Å². The van der Waals surface area contributed by atoms with E-state index in [4.69, 9.17) is 0 Å². The van der Waals surface area contributed by atoms with Gasteiger partial charge in [0.1, 0.15) is 6.04 Å². The Morgan fingerprint density at radius 2 is 2.10 bits per heavy atom. The SMILES string of the molecule is Cc1ccc(NC2CCC(=O)N(C)C2=O)c(C(=O)O)c1. The highest BCUT2D eigenvalue weighted by atomic mass is 16.4. The van der Waals surface area contributed by atoms with Crippen LogP contribution in [0.25, 0.3) is 0 Å². The average molecular weight is 276 g/mol. The minimum atomic E-state index is -1.05.